The number of hydrogen-bond donors (Lipinski definition) is 1. The fourth-order valence-corrected chi connectivity index (χ4v) is 1.32. The van der Waals surface area contributed by atoms with Gasteiger partial charge in [0.25, 0.3) is 0 Å². The molecule has 1 rings (SSSR count). The van der Waals surface area contributed by atoms with Gasteiger partial charge in [-0.25, -0.2) is 0 Å². The van der Waals surface area contributed by atoms with Crippen LogP contribution in [0.2, 0.25) is 0 Å². The number of carbonyl (C=O) groups is 1. The molecule has 1 aromatic heterocycles. The Morgan fingerprint density at radius 2 is 2.44 bits per heavy atom. The van der Waals surface area contributed by atoms with E-state index < -0.39 is 0 Å². The zero-order chi connectivity index (χ0) is 11.8. The average Bonchev–Trinajstić information content (AvgIpc) is 2.72. The molecule has 1 aromatic rings. The van der Waals surface area contributed by atoms with E-state index in [0.717, 1.165) is 25.1 Å². The standard InChI is InChI=1S/C11H19N3O2/c1-3-6-14-9-10(8-13-14)16-7-4-5-11(15)12-2/h8-9H,3-7H2,1-2H3,(H,12,15). The van der Waals surface area contributed by atoms with Gasteiger partial charge in [-0.1, -0.05) is 6.92 Å². The van der Waals surface area contributed by atoms with Crippen LogP contribution in [0.3, 0.4) is 0 Å². The number of aryl methyl sites for hydroxylation is 1. The number of carbonyl (C=O) groups excluding carboxylic acids is 1. The van der Waals surface area contributed by atoms with Crippen LogP contribution in [0.1, 0.15) is 26.2 Å². The lowest BCUT2D eigenvalue weighted by Crippen LogP contribution is -2.18. The Kier molecular flexibility index (Phi) is 5.39. The predicted molar refractivity (Wildman–Crippen MR) is 61.3 cm³/mol. The van der Waals surface area contributed by atoms with Crippen molar-refractivity contribution in [1.82, 2.24) is 15.1 Å². The second-order valence-electron chi connectivity index (χ2n) is 3.56. The molecule has 0 fully saturated rings. The molecule has 0 aliphatic heterocycles. The molecule has 16 heavy (non-hydrogen) atoms. The van der Waals surface area contributed by atoms with Gasteiger partial charge in [0.1, 0.15) is 0 Å². The number of amides is 1. The second kappa shape index (κ2) is 6.87. The van der Waals surface area contributed by atoms with E-state index in [2.05, 4.69) is 17.3 Å². The van der Waals surface area contributed by atoms with Crippen molar-refractivity contribution in [3.05, 3.63) is 12.4 Å². The lowest BCUT2D eigenvalue weighted by atomic mass is 10.3. The molecule has 1 amide bonds. The maximum atomic E-state index is 10.9. The molecule has 0 aliphatic rings. The van der Waals surface area contributed by atoms with Crippen LogP contribution in [0, 0.1) is 0 Å². The van der Waals surface area contributed by atoms with Crippen LogP contribution in [0.25, 0.3) is 0 Å². The van der Waals surface area contributed by atoms with E-state index in [1.54, 1.807) is 13.2 Å². The Morgan fingerprint density at radius 3 is 3.12 bits per heavy atom. The first-order chi connectivity index (χ1) is 7.76. The molecule has 0 spiro atoms. The van der Waals surface area contributed by atoms with Gasteiger partial charge in [-0.05, 0) is 12.8 Å². The van der Waals surface area contributed by atoms with E-state index in [-0.39, 0.29) is 5.91 Å². The summed E-state index contributed by atoms with van der Waals surface area (Å²) in [6.45, 7) is 3.55. The minimum absolute atomic E-state index is 0.0466. The zero-order valence-electron chi connectivity index (χ0n) is 9.90. The summed E-state index contributed by atoms with van der Waals surface area (Å²) in [5, 5.41) is 6.72. The van der Waals surface area contributed by atoms with Crippen LogP contribution in [0.5, 0.6) is 5.75 Å². The number of aromatic nitrogens is 2. The van der Waals surface area contributed by atoms with E-state index in [1.807, 2.05) is 10.9 Å². The van der Waals surface area contributed by atoms with Crippen molar-refractivity contribution in [2.24, 2.45) is 0 Å². The third kappa shape index (κ3) is 4.33. The summed E-state index contributed by atoms with van der Waals surface area (Å²) in [6, 6.07) is 0. The van der Waals surface area contributed by atoms with Crippen LogP contribution >= 0.6 is 0 Å². The van der Waals surface area contributed by atoms with Crippen LogP contribution < -0.4 is 10.1 Å². The Balaban J connectivity index is 2.19. The summed E-state index contributed by atoms with van der Waals surface area (Å²) in [4.78, 5) is 10.9. The van der Waals surface area contributed by atoms with Gasteiger partial charge in [0, 0.05) is 20.0 Å². The van der Waals surface area contributed by atoms with Gasteiger partial charge in [0.05, 0.1) is 19.0 Å². The molecule has 5 nitrogen and oxygen atoms in total. The Hall–Kier alpha value is -1.52. The van der Waals surface area contributed by atoms with Gasteiger partial charge in [-0.15, -0.1) is 0 Å². The summed E-state index contributed by atoms with van der Waals surface area (Å²) in [7, 11) is 1.64. The minimum atomic E-state index is 0.0466. The summed E-state index contributed by atoms with van der Waals surface area (Å²) in [6.07, 6.45) is 5.86. The maximum Gasteiger partial charge on any atom is 0.219 e. The fourth-order valence-electron chi connectivity index (χ4n) is 1.32. The van der Waals surface area contributed by atoms with Crippen molar-refractivity contribution >= 4 is 5.91 Å². The minimum Gasteiger partial charge on any atom is -0.490 e. The largest absolute Gasteiger partial charge is 0.490 e. The summed E-state index contributed by atoms with van der Waals surface area (Å²) in [5.74, 6) is 0.815. The van der Waals surface area contributed by atoms with Gasteiger partial charge in [-0.3, -0.25) is 9.48 Å². The smallest absolute Gasteiger partial charge is 0.219 e. The van der Waals surface area contributed by atoms with Crippen molar-refractivity contribution in [2.45, 2.75) is 32.7 Å². The molecular formula is C11H19N3O2. The predicted octanol–water partition coefficient (Wildman–Crippen LogP) is 1.20. The van der Waals surface area contributed by atoms with E-state index in [4.69, 9.17) is 4.74 Å². The Morgan fingerprint density at radius 1 is 1.62 bits per heavy atom. The third-order valence-electron chi connectivity index (χ3n) is 2.16. The lowest BCUT2D eigenvalue weighted by Gasteiger charge is -2.02. The van der Waals surface area contributed by atoms with Gasteiger partial charge >= 0.3 is 0 Å². The third-order valence-corrected chi connectivity index (χ3v) is 2.16. The molecule has 90 valence electrons. The van der Waals surface area contributed by atoms with Crippen LogP contribution in [0.15, 0.2) is 12.4 Å². The SMILES string of the molecule is CCCn1cc(OCCCC(=O)NC)cn1. The maximum absolute atomic E-state index is 10.9. The average molecular weight is 225 g/mol. The van der Waals surface area contributed by atoms with E-state index in [1.165, 1.54) is 0 Å². The molecule has 0 aromatic carbocycles. The summed E-state index contributed by atoms with van der Waals surface area (Å²) >= 11 is 0. The topological polar surface area (TPSA) is 56.1 Å². The highest BCUT2D eigenvalue weighted by molar-refractivity contribution is 5.75. The fraction of sp³-hybridized carbons (Fsp3) is 0.636. The molecule has 0 aliphatic carbocycles. The van der Waals surface area contributed by atoms with E-state index in [9.17, 15) is 4.79 Å². The highest BCUT2D eigenvalue weighted by Gasteiger charge is 2.00. The molecular weight excluding hydrogens is 206 g/mol. The molecule has 1 heterocycles. The first-order valence-electron chi connectivity index (χ1n) is 5.62. The van der Waals surface area contributed by atoms with Crippen molar-refractivity contribution in [2.75, 3.05) is 13.7 Å². The second-order valence-corrected chi connectivity index (χ2v) is 3.56. The van der Waals surface area contributed by atoms with E-state index in [0.29, 0.717) is 13.0 Å². The monoisotopic (exact) mass is 225 g/mol. The van der Waals surface area contributed by atoms with Gasteiger partial charge in [-0.2, -0.15) is 5.10 Å². The molecule has 0 saturated carbocycles. The molecule has 0 radical (unpaired) electrons. The van der Waals surface area contributed by atoms with Crippen molar-refractivity contribution in [1.29, 1.82) is 0 Å². The number of rotatable bonds is 7. The number of ether oxygens (including phenoxy) is 1. The van der Waals surface area contributed by atoms with Gasteiger partial charge in [0.15, 0.2) is 5.75 Å². The molecule has 0 unspecified atom stereocenters. The molecule has 0 bridgehead atoms. The Bertz CT molecular complexity index is 323. The van der Waals surface area contributed by atoms with E-state index >= 15 is 0 Å². The lowest BCUT2D eigenvalue weighted by molar-refractivity contribution is -0.120. The van der Waals surface area contributed by atoms with Gasteiger partial charge in [0.2, 0.25) is 5.91 Å². The number of hydrogen-bond acceptors (Lipinski definition) is 3. The summed E-state index contributed by atoms with van der Waals surface area (Å²) < 4.78 is 7.32. The zero-order valence-corrected chi connectivity index (χ0v) is 9.90. The molecule has 1 N–H and O–H groups in total. The quantitative estimate of drug-likeness (QED) is 0.709. The van der Waals surface area contributed by atoms with Crippen LogP contribution in [-0.4, -0.2) is 29.3 Å². The van der Waals surface area contributed by atoms with Crippen molar-refractivity contribution in [3.63, 3.8) is 0 Å². The van der Waals surface area contributed by atoms with Crippen molar-refractivity contribution < 1.29 is 9.53 Å². The number of nitrogens with zero attached hydrogens (tertiary/aromatic N) is 2. The molecule has 5 heteroatoms. The molecule has 0 atom stereocenters. The highest BCUT2D eigenvalue weighted by atomic mass is 16.5. The Labute approximate surface area is 95.8 Å². The van der Waals surface area contributed by atoms with Gasteiger partial charge < -0.3 is 10.1 Å². The van der Waals surface area contributed by atoms with Crippen LogP contribution in [-0.2, 0) is 11.3 Å². The number of nitrogens with one attached hydrogen (secondary N) is 1. The van der Waals surface area contributed by atoms with Crippen molar-refractivity contribution in [3.8, 4) is 5.75 Å². The highest BCUT2D eigenvalue weighted by Crippen LogP contribution is 2.09. The first-order valence-corrected chi connectivity index (χ1v) is 5.62. The van der Waals surface area contributed by atoms with Crippen LogP contribution in [0.4, 0.5) is 0 Å². The summed E-state index contributed by atoms with van der Waals surface area (Å²) in [5.41, 5.74) is 0. The molecule has 0 saturated heterocycles. The first kappa shape index (κ1) is 12.5. The normalized spacial score (nSPS) is 10.1.